The van der Waals surface area contributed by atoms with Gasteiger partial charge in [0, 0.05) is 18.8 Å². The fourth-order valence-electron chi connectivity index (χ4n) is 2.27. The molecule has 140 valence electrons. The van der Waals surface area contributed by atoms with Gasteiger partial charge in [-0.15, -0.1) is 0 Å². The number of hydrogen-bond donors (Lipinski definition) is 2. The zero-order valence-corrected chi connectivity index (χ0v) is 14.3. The van der Waals surface area contributed by atoms with Crippen molar-refractivity contribution in [3.05, 3.63) is 66.0 Å². The van der Waals surface area contributed by atoms with Gasteiger partial charge in [-0.2, -0.15) is 18.2 Å². The van der Waals surface area contributed by atoms with E-state index < -0.39 is 11.7 Å². The van der Waals surface area contributed by atoms with Gasteiger partial charge in [0.2, 0.25) is 11.8 Å². The van der Waals surface area contributed by atoms with Gasteiger partial charge in [0.15, 0.2) is 0 Å². The van der Waals surface area contributed by atoms with Crippen LogP contribution >= 0.6 is 0 Å². The molecule has 0 saturated carbocycles. The molecule has 0 radical (unpaired) electrons. The first-order valence-electron chi connectivity index (χ1n) is 7.94. The Morgan fingerprint density at radius 2 is 1.93 bits per heavy atom. The number of nitrogens with one attached hydrogen (secondary N) is 2. The summed E-state index contributed by atoms with van der Waals surface area (Å²) >= 11 is 0. The van der Waals surface area contributed by atoms with Gasteiger partial charge in [0.05, 0.1) is 24.6 Å². The van der Waals surface area contributed by atoms with Crippen LogP contribution in [-0.4, -0.2) is 22.1 Å². The van der Waals surface area contributed by atoms with Gasteiger partial charge in [-0.25, -0.2) is 9.97 Å². The maximum atomic E-state index is 12.8. The zero-order valence-electron chi connectivity index (χ0n) is 14.3. The highest BCUT2D eigenvalue weighted by atomic mass is 19.4. The van der Waals surface area contributed by atoms with Crippen LogP contribution in [0.1, 0.15) is 11.1 Å². The summed E-state index contributed by atoms with van der Waals surface area (Å²) < 4.78 is 43.3. The molecular formula is C18H16F3N5O. The zero-order chi connectivity index (χ0) is 19.3. The molecule has 0 amide bonds. The molecule has 0 aliphatic heterocycles. The first-order valence-corrected chi connectivity index (χ1v) is 7.94. The Morgan fingerprint density at radius 3 is 2.63 bits per heavy atom. The highest BCUT2D eigenvalue weighted by molar-refractivity contribution is 5.53. The van der Waals surface area contributed by atoms with Crippen molar-refractivity contribution in [3.63, 3.8) is 0 Å². The monoisotopic (exact) mass is 375 g/mol. The van der Waals surface area contributed by atoms with E-state index in [2.05, 4.69) is 25.6 Å². The van der Waals surface area contributed by atoms with E-state index in [1.165, 1.54) is 13.2 Å². The molecule has 0 aliphatic rings. The molecule has 0 bridgehead atoms. The number of pyridine rings is 1. The SMILES string of the molecule is COc1ccc(Nc2nccc(NCc3cccc(C(F)(F)F)c3)n2)cn1. The van der Waals surface area contributed by atoms with Gasteiger partial charge in [-0.3, -0.25) is 0 Å². The number of alkyl halides is 3. The number of ether oxygens (including phenoxy) is 1. The van der Waals surface area contributed by atoms with E-state index in [0.717, 1.165) is 12.1 Å². The molecule has 0 saturated heterocycles. The second kappa shape index (κ2) is 7.90. The molecule has 3 rings (SSSR count). The van der Waals surface area contributed by atoms with Gasteiger partial charge in [-0.05, 0) is 29.8 Å². The molecule has 2 aromatic heterocycles. The number of benzene rings is 1. The summed E-state index contributed by atoms with van der Waals surface area (Å²) in [5.41, 5.74) is 0.488. The van der Waals surface area contributed by atoms with Crippen LogP contribution in [0.4, 0.5) is 30.6 Å². The van der Waals surface area contributed by atoms with Crippen LogP contribution in [0.15, 0.2) is 54.9 Å². The second-order valence-electron chi connectivity index (χ2n) is 5.53. The van der Waals surface area contributed by atoms with Crippen molar-refractivity contribution in [1.29, 1.82) is 0 Å². The molecule has 9 heteroatoms. The van der Waals surface area contributed by atoms with Crippen molar-refractivity contribution >= 4 is 17.5 Å². The standard InChI is InChI=1S/C18H16F3N5O/c1-27-16-6-5-14(11-24-16)25-17-22-8-7-15(26-17)23-10-12-3-2-4-13(9-12)18(19,20)21/h2-9,11H,10H2,1H3,(H2,22,23,25,26). The average Bonchev–Trinajstić information content (AvgIpc) is 2.67. The number of nitrogens with zero attached hydrogens (tertiary/aromatic N) is 3. The number of methoxy groups -OCH3 is 1. The lowest BCUT2D eigenvalue weighted by Crippen LogP contribution is -2.08. The lowest BCUT2D eigenvalue weighted by molar-refractivity contribution is -0.137. The van der Waals surface area contributed by atoms with Crippen LogP contribution in [0.3, 0.4) is 0 Å². The minimum absolute atomic E-state index is 0.199. The van der Waals surface area contributed by atoms with Crippen molar-refractivity contribution < 1.29 is 17.9 Å². The van der Waals surface area contributed by atoms with Crippen LogP contribution in [0.5, 0.6) is 5.88 Å². The van der Waals surface area contributed by atoms with E-state index in [1.54, 1.807) is 36.7 Å². The van der Waals surface area contributed by atoms with Crippen molar-refractivity contribution in [3.8, 4) is 5.88 Å². The molecule has 2 heterocycles. The summed E-state index contributed by atoms with van der Waals surface area (Å²) in [6.45, 7) is 0.199. The second-order valence-corrected chi connectivity index (χ2v) is 5.53. The largest absolute Gasteiger partial charge is 0.481 e. The maximum absolute atomic E-state index is 12.8. The Labute approximate surface area is 153 Å². The molecule has 0 spiro atoms. The maximum Gasteiger partial charge on any atom is 0.416 e. The Balaban J connectivity index is 1.65. The molecule has 6 nitrogen and oxygen atoms in total. The predicted molar refractivity (Wildman–Crippen MR) is 94.9 cm³/mol. The van der Waals surface area contributed by atoms with Crippen LogP contribution in [0.2, 0.25) is 0 Å². The highest BCUT2D eigenvalue weighted by Crippen LogP contribution is 2.29. The lowest BCUT2D eigenvalue weighted by atomic mass is 10.1. The van der Waals surface area contributed by atoms with Crippen molar-refractivity contribution in [2.24, 2.45) is 0 Å². The molecule has 0 unspecified atom stereocenters. The topological polar surface area (TPSA) is 72.0 Å². The van der Waals surface area contributed by atoms with E-state index >= 15 is 0 Å². The molecule has 27 heavy (non-hydrogen) atoms. The summed E-state index contributed by atoms with van der Waals surface area (Å²) in [4.78, 5) is 12.5. The molecule has 1 aromatic carbocycles. The third kappa shape index (κ3) is 5.06. The van der Waals surface area contributed by atoms with E-state index in [0.29, 0.717) is 28.9 Å². The molecular weight excluding hydrogens is 359 g/mol. The number of halogens is 3. The normalized spacial score (nSPS) is 11.1. The number of aromatic nitrogens is 3. The summed E-state index contributed by atoms with van der Waals surface area (Å²) in [6, 6.07) is 10.2. The van der Waals surface area contributed by atoms with E-state index in [1.807, 2.05) is 0 Å². The van der Waals surface area contributed by atoms with Crippen LogP contribution in [0, 0.1) is 0 Å². The lowest BCUT2D eigenvalue weighted by Gasteiger charge is -2.11. The Hall–Kier alpha value is -3.36. The minimum Gasteiger partial charge on any atom is -0.481 e. The number of rotatable bonds is 6. The Kier molecular flexibility index (Phi) is 5.39. The van der Waals surface area contributed by atoms with E-state index in [-0.39, 0.29) is 6.54 Å². The quantitative estimate of drug-likeness (QED) is 0.671. The third-order valence-corrected chi connectivity index (χ3v) is 3.59. The minimum atomic E-state index is -4.37. The molecule has 0 fully saturated rings. The van der Waals surface area contributed by atoms with Gasteiger partial charge in [0.25, 0.3) is 0 Å². The van der Waals surface area contributed by atoms with Crippen molar-refractivity contribution in [1.82, 2.24) is 15.0 Å². The Morgan fingerprint density at radius 1 is 1.07 bits per heavy atom. The predicted octanol–water partition coefficient (Wildman–Crippen LogP) is 4.25. The fraction of sp³-hybridized carbons (Fsp3) is 0.167. The van der Waals surface area contributed by atoms with Crippen LogP contribution in [-0.2, 0) is 12.7 Å². The van der Waals surface area contributed by atoms with Crippen molar-refractivity contribution in [2.45, 2.75) is 12.7 Å². The van der Waals surface area contributed by atoms with Gasteiger partial charge >= 0.3 is 6.18 Å². The fourth-order valence-corrected chi connectivity index (χ4v) is 2.27. The first kappa shape index (κ1) is 18.4. The van der Waals surface area contributed by atoms with Gasteiger partial charge in [0.1, 0.15) is 5.82 Å². The first-order chi connectivity index (χ1) is 12.9. The van der Waals surface area contributed by atoms with Crippen LogP contribution < -0.4 is 15.4 Å². The third-order valence-electron chi connectivity index (χ3n) is 3.59. The smallest absolute Gasteiger partial charge is 0.416 e. The van der Waals surface area contributed by atoms with Gasteiger partial charge in [-0.1, -0.05) is 12.1 Å². The summed E-state index contributed by atoms with van der Waals surface area (Å²) in [6.07, 6.45) is -1.25. The molecule has 0 atom stereocenters. The van der Waals surface area contributed by atoms with Gasteiger partial charge < -0.3 is 15.4 Å². The summed E-state index contributed by atoms with van der Waals surface area (Å²) in [7, 11) is 1.53. The Bertz CT molecular complexity index is 900. The number of anilines is 3. The van der Waals surface area contributed by atoms with E-state index in [4.69, 9.17) is 4.74 Å². The number of hydrogen-bond acceptors (Lipinski definition) is 6. The van der Waals surface area contributed by atoms with Crippen molar-refractivity contribution in [2.75, 3.05) is 17.7 Å². The average molecular weight is 375 g/mol. The highest BCUT2D eigenvalue weighted by Gasteiger charge is 2.30. The molecule has 2 N–H and O–H groups in total. The summed E-state index contributed by atoms with van der Waals surface area (Å²) in [5, 5.41) is 5.98. The molecule has 3 aromatic rings. The summed E-state index contributed by atoms with van der Waals surface area (Å²) in [5.74, 6) is 1.29. The molecule has 0 aliphatic carbocycles. The van der Waals surface area contributed by atoms with Crippen LogP contribution in [0.25, 0.3) is 0 Å². The van der Waals surface area contributed by atoms with E-state index in [9.17, 15) is 13.2 Å².